The second kappa shape index (κ2) is 6.23. The number of ether oxygens (including phenoxy) is 2. The highest BCUT2D eigenvalue weighted by atomic mass is 16.6. The third-order valence-corrected chi connectivity index (χ3v) is 6.09. The van der Waals surface area contributed by atoms with Gasteiger partial charge in [0.15, 0.2) is 0 Å². The van der Waals surface area contributed by atoms with Crippen molar-refractivity contribution in [2.75, 3.05) is 0 Å². The maximum absolute atomic E-state index is 12.2. The Bertz CT molecular complexity index is 561. The molecule has 1 aliphatic heterocycles. The second-order valence-corrected chi connectivity index (χ2v) is 7.37. The molecule has 0 amide bonds. The van der Waals surface area contributed by atoms with Crippen LogP contribution in [-0.4, -0.2) is 23.2 Å². The van der Waals surface area contributed by atoms with Crippen LogP contribution in [0.3, 0.4) is 0 Å². The summed E-state index contributed by atoms with van der Waals surface area (Å²) in [5.41, 5.74) is 0.958. The maximum atomic E-state index is 12.2. The number of aromatic nitrogens is 1. The molecule has 6 atom stereocenters. The van der Waals surface area contributed by atoms with Crippen LogP contribution in [0.4, 0.5) is 0 Å². The summed E-state index contributed by atoms with van der Waals surface area (Å²) in [6.07, 6.45) is 7.94. The average Bonchev–Trinajstić information content (AvgIpc) is 2.87. The number of fused-ring (bicyclic) bond motifs is 2. The maximum Gasteiger partial charge on any atom is 0.309 e. The van der Waals surface area contributed by atoms with Gasteiger partial charge in [-0.05, 0) is 43.7 Å². The van der Waals surface area contributed by atoms with Crippen molar-refractivity contribution in [2.45, 2.75) is 57.8 Å². The van der Waals surface area contributed by atoms with Gasteiger partial charge in [-0.1, -0.05) is 25.3 Å². The summed E-state index contributed by atoms with van der Waals surface area (Å²) in [5, 5.41) is 0. The predicted octanol–water partition coefficient (Wildman–Crippen LogP) is 3.35. The molecule has 23 heavy (non-hydrogen) atoms. The van der Waals surface area contributed by atoms with Crippen LogP contribution >= 0.6 is 0 Å². The van der Waals surface area contributed by atoms with Gasteiger partial charge in [-0.25, -0.2) is 0 Å². The van der Waals surface area contributed by atoms with Crippen LogP contribution in [0.15, 0.2) is 24.4 Å². The van der Waals surface area contributed by atoms with Crippen molar-refractivity contribution in [2.24, 2.45) is 23.7 Å². The number of hydrogen-bond donors (Lipinski definition) is 0. The number of carbonyl (C=O) groups excluding carboxylic acids is 1. The highest BCUT2D eigenvalue weighted by molar-refractivity contribution is 5.75. The number of rotatable bonds is 3. The number of cyclic esters (lactones) is 1. The van der Waals surface area contributed by atoms with Gasteiger partial charge in [-0.15, -0.1) is 0 Å². The normalized spacial score (nSPS) is 39.4. The topological polar surface area (TPSA) is 48.4 Å². The zero-order chi connectivity index (χ0) is 15.8. The van der Waals surface area contributed by atoms with Crippen LogP contribution in [0.5, 0.6) is 0 Å². The molecule has 0 N–H and O–H groups in total. The Morgan fingerprint density at radius 2 is 2.17 bits per heavy atom. The molecule has 0 bridgehead atoms. The van der Waals surface area contributed by atoms with E-state index in [1.165, 1.54) is 25.7 Å². The first-order chi connectivity index (χ1) is 11.2. The highest BCUT2D eigenvalue weighted by Gasteiger charge is 2.55. The van der Waals surface area contributed by atoms with Gasteiger partial charge in [-0.2, -0.15) is 0 Å². The molecule has 0 radical (unpaired) electrons. The summed E-state index contributed by atoms with van der Waals surface area (Å²) in [6.45, 7) is 2.56. The minimum absolute atomic E-state index is 0.00189. The van der Waals surface area contributed by atoms with E-state index in [1.54, 1.807) is 6.20 Å². The zero-order valence-electron chi connectivity index (χ0n) is 13.7. The highest BCUT2D eigenvalue weighted by Crippen LogP contribution is 2.51. The van der Waals surface area contributed by atoms with Crippen molar-refractivity contribution in [3.05, 3.63) is 30.1 Å². The molecule has 4 nitrogen and oxygen atoms in total. The van der Waals surface area contributed by atoms with Crippen molar-refractivity contribution in [3.63, 3.8) is 0 Å². The van der Waals surface area contributed by atoms with E-state index < -0.39 is 0 Å². The van der Waals surface area contributed by atoms with Crippen molar-refractivity contribution in [3.8, 4) is 0 Å². The van der Waals surface area contributed by atoms with Crippen LogP contribution in [-0.2, 0) is 20.9 Å². The molecule has 124 valence electrons. The smallest absolute Gasteiger partial charge is 0.309 e. The van der Waals surface area contributed by atoms with Crippen LogP contribution in [0.1, 0.15) is 44.7 Å². The molecule has 1 aromatic heterocycles. The van der Waals surface area contributed by atoms with Gasteiger partial charge in [0.25, 0.3) is 0 Å². The lowest BCUT2D eigenvalue weighted by Crippen LogP contribution is -2.48. The first kappa shape index (κ1) is 15.1. The largest absolute Gasteiger partial charge is 0.462 e. The van der Waals surface area contributed by atoms with E-state index in [0.29, 0.717) is 18.4 Å². The standard InChI is InChI=1S/C19H25NO3/c1-12-17-16(19(21)23-12)10-13-6-2-3-8-15(13)18(17)22-11-14-7-4-5-9-20-14/h4-5,7,9,12-13,15-18H,2-3,6,8,10-11H2,1H3. The molecular formula is C19H25NO3. The van der Waals surface area contributed by atoms with Crippen LogP contribution in [0, 0.1) is 23.7 Å². The lowest BCUT2D eigenvalue weighted by molar-refractivity contribution is -0.145. The van der Waals surface area contributed by atoms with Crippen molar-refractivity contribution >= 4 is 5.97 Å². The van der Waals surface area contributed by atoms with Crippen LogP contribution in [0.2, 0.25) is 0 Å². The fraction of sp³-hybridized carbons (Fsp3) is 0.684. The third kappa shape index (κ3) is 2.78. The number of carbonyl (C=O) groups is 1. The summed E-state index contributed by atoms with van der Waals surface area (Å²) in [7, 11) is 0. The lowest BCUT2D eigenvalue weighted by atomic mass is 9.61. The molecule has 3 aliphatic rings. The molecular weight excluding hydrogens is 290 g/mol. The van der Waals surface area contributed by atoms with E-state index in [0.717, 1.165) is 12.1 Å². The first-order valence-electron chi connectivity index (χ1n) is 8.96. The van der Waals surface area contributed by atoms with E-state index in [4.69, 9.17) is 9.47 Å². The molecule has 4 heteroatoms. The van der Waals surface area contributed by atoms with E-state index in [1.807, 2.05) is 25.1 Å². The molecule has 0 aromatic carbocycles. The van der Waals surface area contributed by atoms with Gasteiger partial charge in [-0.3, -0.25) is 9.78 Å². The summed E-state index contributed by atoms with van der Waals surface area (Å²) >= 11 is 0. The fourth-order valence-corrected chi connectivity index (χ4v) is 5.06. The van der Waals surface area contributed by atoms with Crippen LogP contribution < -0.4 is 0 Å². The Morgan fingerprint density at radius 3 is 3.00 bits per heavy atom. The van der Waals surface area contributed by atoms with Gasteiger partial charge in [0, 0.05) is 12.1 Å². The molecule has 4 rings (SSSR count). The van der Waals surface area contributed by atoms with E-state index in [9.17, 15) is 4.79 Å². The van der Waals surface area contributed by atoms with E-state index in [-0.39, 0.29) is 30.0 Å². The Morgan fingerprint density at radius 1 is 1.30 bits per heavy atom. The molecule has 6 unspecified atom stereocenters. The molecule has 2 heterocycles. The van der Waals surface area contributed by atoms with Gasteiger partial charge in [0.1, 0.15) is 6.10 Å². The van der Waals surface area contributed by atoms with E-state index >= 15 is 0 Å². The minimum Gasteiger partial charge on any atom is -0.462 e. The van der Waals surface area contributed by atoms with Gasteiger partial charge in [0.2, 0.25) is 0 Å². The Balaban J connectivity index is 1.56. The third-order valence-electron chi connectivity index (χ3n) is 6.09. The lowest BCUT2D eigenvalue weighted by Gasteiger charge is -2.46. The number of pyridine rings is 1. The molecule has 2 saturated carbocycles. The monoisotopic (exact) mass is 315 g/mol. The van der Waals surface area contributed by atoms with Crippen molar-refractivity contribution in [1.82, 2.24) is 4.98 Å². The predicted molar refractivity (Wildman–Crippen MR) is 85.4 cm³/mol. The Kier molecular flexibility index (Phi) is 4.10. The van der Waals surface area contributed by atoms with Gasteiger partial charge < -0.3 is 9.47 Å². The summed E-state index contributed by atoms with van der Waals surface area (Å²) < 4.78 is 11.9. The summed E-state index contributed by atoms with van der Waals surface area (Å²) in [5.74, 6) is 1.45. The Hall–Kier alpha value is -1.42. The van der Waals surface area contributed by atoms with Gasteiger partial charge in [0.05, 0.1) is 24.3 Å². The quantitative estimate of drug-likeness (QED) is 0.803. The minimum atomic E-state index is -0.0240. The average molecular weight is 315 g/mol. The number of hydrogen-bond acceptors (Lipinski definition) is 4. The zero-order valence-corrected chi connectivity index (χ0v) is 13.7. The number of esters is 1. The Labute approximate surface area is 137 Å². The molecule has 0 spiro atoms. The molecule has 1 aromatic rings. The molecule has 1 saturated heterocycles. The SMILES string of the molecule is CC1OC(=O)C2CC3CCCCC3C(OCc3ccccn3)C12. The first-order valence-corrected chi connectivity index (χ1v) is 8.96. The molecule has 2 aliphatic carbocycles. The fourth-order valence-electron chi connectivity index (χ4n) is 5.06. The van der Waals surface area contributed by atoms with Crippen molar-refractivity contribution in [1.29, 1.82) is 0 Å². The second-order valence-electron chi connectivity index (χ2n) is 7.37. The van der Waals surface area contributed by atoms with E-state index in [2.05, 4.69) is 4.98 Å². The van der Waals surface area contributed by atoms with Crippen LogP contribution in [0.25, 0.3) is 0 Å². The van der Waals surface area contributed by atoms with Gasteiger partial charge >= 0.3 is 5.97 Å². The molecule has 3 fully saturated rings. The van der Waals surface area contributed by atoms with Crippen molar-refractivity contribution < 1.29 is 14.3 Å². The summed E-state index contributed by atoms with van der Waals surface area (Å²) in [6, 6.07) is 5.91. The number of nitrogens with zero attached hydrogens (tertiary/aromatic N) is 1. The summed E-state index contributed by atoms with van der Waals surface area (Å²) in [4.78, 5) is 16.6.